The molecule has 2 fully saturated rings. The molecule has 1 N–H and O–H groups in total. The highest BCUT2D eigenvalue weighted by molar-refractivity contribution is 7.10. The average molecular weight is 293 g/mol. The Labute approximate surface area is 122 Å². The third-order valence-electron chi connectivity index (χ3n) is 4.56. The molecule has 1 saturated carbocycles. The number of nitrogens with zero attached hydrogens (tertiary/aromatic N) is 1. The zero-order valence-corrected chi connectivity index (χ0v) is 12.1. The first kappa shape index (κ1) is 13.6. The Bertz CT molecular complexity index is 499. The van der Waals surface area contributed by atoms with E-state index in [1.807, 2.05) is 16.3 Å². The molecule has 2 aliphatic rings. The van der Waals surface area contributed by atoms with E-state index in [-0.39, 0.29) is 17.9 Å². The smallest absolute Gasteiger partial charge is 0.307 e. The van der Waals surface area contributed by atoms with Crippen molar-refractivity contribution in [1.29, 1.82) is 0 Å². The zero-order chi connectivity index (χ0) is 14.1. The Balaban J connectivity index is 1.77. The molecule has 1 saturated heterocycles. The highest BCUT2D eigenvalue weighted by Crippen LogP contribution is 2.39. The second kappa shape index (κ2) is 5.56. The van der Waals surface area contributed by atoms with Gasteiger partial charge in [-0.05, 0) is 37.1 Å². The number of aliphatic carboxylic acids is 1. The lowest BCUT2D eigenvalue weighted by atomic mass is 9.94. The molecule has 1 amide bonds. The molecule has 2 heterocycles. The molecule has 3 rings (SSSR count). The van der Waals surface area contributed by atoms with Crippen molar-refractivity contribution in [1.82, 2.24) is 4.90 Å². The first-order chi connectivity index (χ1) is 9.68. The van der Waals surface area contributed by atoms with Gasteiger partial charge in [0, 0.05) is 11.4 Å². The summed E-state index contributed by atoms with van der Waals surface area (Å²) in [5.41, 5.74) is 0. The molecule has 108 valence electrons. The largest absolute Gasteiger partial charge is 0.481 e. The fourth-order valence-corrected chi connectivity index (χ4v) is 4.44. The van der Waals surface area contributed by atoms with E-state index in [1.54, 1.807) is 11.3 Å². The number of carboxylic acids is 1. The van der Waals surface area contributed by atoms with Crippen molar-refractivity contribution in [2.75, 3.05) is 6.54 Å². The van der Waals surface area contributed by atoms with Crippen LogP contribution in [0.25, 0.3) is 0 Å². The summed E-state index contributed by atoms with van der Waals surface area (Å²) in [6.07, 6.45) is 4.23. The highest BCUT2D eigenvalue weighted by Gasteiger charge is 2.42. The first-order valence-corrected chi connectivity index (χ1v) is 8.13. The monoisotopic (exact) mass is 293 g/mol. The lowest BCUT2D eigenvalue weighted by molar-refractivity contribution is -0.149. The molecule has 1 aliphatic carbocycles. The topological polar surface area (TPSA) is 57.6 Å². The minimum absolute atomic E-state index is 0.0609. The Morgan fingerprint density at radius 2 is 2.00 bits per heavy atom. The van der Waals surface area contributed by atoms with E-state index in [1.165, 1.54) is 4.88 Å². The fourth-order valence-electron chi connectivity index (χ4n) is 3.57. The molecule has 1 unspecified atom stereocenters. The summed E-state index contributed by atoms with van der Waals surface area (Å²) in [6, 6.07) is 4.25. The van der Waals surface area contributed by atoms with Gasteiger partial charge in [0.1, 0.15) is 0 Å². The third-order valence-corrected chi connectivity index (χ3v) is 5.53. The van der Waals surface area contributed by atoms with Crippen molar-refractivity contribution < 1.29 is 14.7 Å². The SMILES string of the molecule is O=C(O)[C@H]1CCC[C@H]1C(=O)N1CCCC1c1cccs1. The van der Waals surface area contributed by atoms with E-state index >= 15 is 0 Å². The number of likely N-dealkylation sites (tertiary alicyclic amines) is 1. The van der Waals surface area contributed by atoms with Gasteiger partial charge in [-0.1, -0.05) is 12.5 Å². The van der Waals surface area contributed by atoms with E-state index < -0.39 is 11.9 Å². The van der Waals surface area contributed by atoms with Gasteiger partial charge in [-0.2, -0.15) is 0 Å². The van der Waals surface area contributed by atoms with Crippen LogP contribution in [-0.4, -0.2) is 28.4 Å². The first-order valence-electron chi connectivity index (χ1n) is 7.25. The number of thiophene rings is 1. The van der Waals surface area contributed by atoms with Crippen molar-refractivity contribution in [2.24, 2.45) is 11.8 Å². The summed E-state index contributed by atoms with van der Waals surface area (Å²) < 4.78 is 0. The van der Waals surface area contributed by atoms with E-state index in [4.69, 9.17) is 0 Å². The van der Waals surface area contributed by atoms with Gasteiger partial charge in [0.25, 0.3) is 0 Å². The summed E-state index contributed by atoms with van der Waals surface area (Å²) >= 11 is 1.68. The molecule has 0 spiro atoms. The third kappa shape index (κ3) is 2.35. The highest BCUT2D eigenvalue weighted by atomic mass is 32.1. The average Bonchev–Trinajstić information content (AvgIpc) is 3.17. The summed E-state index contributed by atoms with van der Waals surface area (Å²) in [5.74, 6) is -1.54. The van der Waals surface area contributed by atoms with Gasteiger partial charge in [0.05, 0.1) is 17.9 Å². The quantitative estimate of drug-likeness (QED) is 0.932. The summed E-state index contributed by atoms with van der Waals surface area (Å²) in [5, 5.41) is 11.3. The van der Waals surface area contributed by atoms with Crippen LogP contribution in [0.2, 0.25) is 0 Å². The molecule has 3 atom stereocenters. The number of carbonyl (C=O) groups excluding carboxylic acids is 1. The van der Waals surface area contributed by atoms with Crippen molar-refractivity contribution in [3.05, 3.63) is 22.4 Å². The second-order valence-corrected chi connectivity index (χ2v) is 6.67. The molecule has 4 nitrogen and oxygen atoms in total. The van der Waals surface area contributed by atoms with E-state index in [9.17, 15) is 14.7 Å². The van der Waals surface area contributed by atoms with Crippen LogP contribution in [0.15, 0.2) is 17.5 Å². The van der Waals surface area contributed by atoms with Crippen LogP contribution < -0.4 is 0 Å². The number of carboxylic acid groups (broad SMARTS) is 1. The van der Waals surface area contributed by atoms with Gasteiger partial charge in [-0.25, -0.2) is 0 Å². The van der Waals surface area contributed by atoms with Crippen LogP contribution in [0.3, 0.4) is 0 Å². The van der Waals surface area contributed by atoms with E-state index in [0.29, 0.717) is 6.42 Å². The maximum Gasteiger partial charge on any atom is 0.307 e. The molecule has 20 heavy (non-hydrogen) atoms. The molecule has 1 aromatic rings. The standard InChI is InChI=1S/C15H19NO3S/c17-14(10-4-1-5-11(10)15(18)19)16-8-2-6-12(16)13-7-3-9-20-13/h3,7,9-12H,1-2,4-6,8H2,(H,18,19)/t10-,11+,12?/m1/s1. The normalized spacial score (nSPS) is 29.8. The van der Waals surface area contributed by atoms with Gasteiger partial charge in [-0.15, -0.1) is 11.3 Å². The van der Waals surface area contributed by atoms with Crippen LogP contribution in [0.4, 0.5) is 0 Å². The van der Waals surface area contributed by atoms with Crippen LogP contribution >= 0.6 is 11.3 Å². The summed E-state index contributed by atoms with van der Waals surface area (Å²) in [4.78, 5) is 27.2. The lowest BCUT2D eigenvalue weighted by Crippen LogP contribution is -2.38. The number of amides is 1. The van der Waals surface area contributed by atoms with E-state index in [0.717, 1.165) is 32.2 Å². The number of rotatable bonds is 3. The lowest BCUT2D eigenvalue weighted by Gasteiger charge is -2.28. The van der Waals surface area contributed by atoms with Crippen LogP contribution in [0.5, 0.6) is 0 Å². The Kier molecular flexibility index (Phi) is 3.78. The molecular weight excluding hydrogens is 274 g/mol. The van der Waals surface area contributed by atoms with Gasteiger partial charge < -0.3 is 10.0 Å². The Morgan fingerprint density at radius 3 is 2.70 bits per heavy atom. The number of hydrogen-bond donors (Lipinski definition) is 1. The molecule has 5 heteroatoms. The maximum atomic E-state index is 12.7. The molecule has 0 radical (unpaired) electrons. The zero-order valence-electron chi connectivity index (χ0n) is 11.3. The molecule has 0 aromatic carbocycles. The van der Waals surface area contributed by atoms with E-state index in [2.05, 4.69) is 6.07 Å². The van der Waals surface area contributed by atoms with Crippen molar-refractivity contribution in [3.63, 3.8) is 0 Å². The second-order valence-electron chi connectivity index (χ2n) is 5.69. The van der Waals surface area contributed by atoms with Crippen molar-refractivity contribution in [3.8, 4) is 0 Å². The van der Waals surface area contributed by atoms with Crippen LogP contribution in [0, 0.1) is 11.8 Å². The Hall–Kier alpha value is -1.36. The predicted octanol–water partition coefficient (Wildman–Crippen LogP) is 2.91. The van der Waals surface area contributed by atoms with Gasteiger partial charge in [0.15, 0.2) is 0 Å². The minimum atomic E-state index is -0.812. The molecule has 1 aromatic heterocycles. The minimum Gasteiger partial charge on any atom is -0.481 e. The maximum absolute atomic E-state index is 12.7. The number of hydrogen-bond acceptors (Lipinski definition) is 3. The Morgan fingerprint density at radius 1 is 1.20 bits per heavy atom. The van der Waals surface area contributed by atoms with Gasteiger partial charge >= 0.3 is 5.97 Å². The molecule has 1 aliphatic heterocycles. The predicted molar refractivity (Wildman–Crippen MR) is 76.5 cm³/mol. The van der Waals surface area contributed by atoms with Gasteiger partial charge in [-0.3, -0.25) is 9.59 Å². The van der Waals surface area contributed by atoms with Crippen molar-refractivity contribution >= 4 is 23.2 Å². The van der Waals surface area contributed by atoms with Crippen molar-refractivity contribution in [2.45, 2.75) is 38.1 Å². The number of carbonyl (C=O) groups is 2. The van der Waals surface area contributed by atoms with Crippen LogP contribution in [0.1, 0.15) is 43.0 Å². The fraction of sp³-hybridized carbons (Fsp3) is 0.600. The molecular formula is C15H19NO3S. The summed E-state index contributed by atoms with van der Waals surface area (Å²) in [6.45, 7) is 0.768. The summed E-state index contributed by atoms with van der Waals surface area (Å²) in [7, 11) is 0. The van der Waals surface area contributed by atoms with Crippen LogP contribution in [-0.2, 0) is 9.59 Å². The molecule has 0 bridgehead atoms. The van der Waals surface area contributed by atoms with Gasteiger partial charge in [0.2, 0.25) is 5.91 Å².